The molecule has 0 atom stereocenters. The second-order valence-corrected chi connectivity index (χ2v) is 5.30. The lowest BCUT2D eigenvalue weighted by atomic mass is 9.87. The number of primary amides is 1. The first-order valence-electron chi connectivity index (χ1n) is 5.52. The fraction of sp³-hybridized carbons (Fsp3) is 0.333. The molecule has 5 nitrogen and oxygen atoms in total. The number of benzene rings is 1. The Morgan fingerprint density at radius 1 is 1.17 bits per heavy atom. The summed E-state index contributed by atoms with van der Waals surface area (Å²) in [6.07, 6.45) is 0. The summed E-state index contributed by atoms with van der Waals surface area (Å²) in [5.74, 6) is 0. The third-order valence-corrected chi connectivity index (χ3v) is 2.51. The number of rotatable bonds is 1. The van der Waals surface area contributed by atoms with E-state index in [4.69, 9.17) is 18.0 Å². The van der Waals surface area contributed by atoms with Crippen molar-refractivity contribution in [2.45, 2.75) is 26.2 Å². The first-order valence-corrected chi connectivity index (χ1v) is 5.93. The number of nitrogens with one attached hydrogen (secondary N) is 3. The highest BCUT2D eigenvalue weighted by molar-refractivity contribution is 7.80. The molecule has 1 aromatic carbocycles. The molecule has 0 saturated carbocycles. The molecule has 0 unspecified atom stereocenters. The van der Waals surface area contributed by atoms with Crippen LogP contribution in [0.3, 0.4) is 0 Å². The minimum atomic E-state index is -0.692. The van der Waals surface area contributed by atoms with Gasteiger partial charge in [0.2, 0.25) is 0 Å². The Balaban J connectivity index is 2.59. The lowest BCUT2D eigenvalue weighted by Crippen LogP contribution is -2.46. The molecule has 0 aromatic heterocycles. The second-order valence-electron chi connectivity index (χ2n) is 4.90. The van der Waals surface area contributed by atoms with Crippen molar-refractivity contribution in [3.05, 3.63) is 29.8 Å². The van der Waals surface area contributed by atoms with Crippen molar-refractivity contribution in [3.63, 3.8) is 0 Å². The van der Waals surface area contributed by atoms with E-state index in [9.17, 15) is 4.79 Å². The highest BCUT2D eigenvalue weighted by Crippen LogP contribution is 2.23. The first-order chi connectivity index (χ1) is 8.29. The van der Waals surface area contributed by atoms with E-state index in [0.717, 1.165) is 5.69 Å². The number of hydrazine groups is 1. The van der Waals surface area contributed by atoms with Gasteiger partial charge in [0.25, 0.3) is 0 Å². The smallest absolute Gasteiger partial charge is 0.330 e. The summed E-state index contributed by atoms with van der Waals surface area (Å²) < 4.78 is 0. The van der Waals surface area contributed by atoms with E-state index in [1.165, 1.54) is 5.56 Å². The van der Waals surface area contributed by atoms with Gasteiger partial charge in [-0.2, -0.15) is 0 Å². The molecule has 0 aliphatic carbocycles. The van der Waals surface area contributed by atoms with Crippen molar-refractivity contribution in [2.24, 2.45) is 5.73 Å². The number of nitrogens with two attached hydrogens (primary N) is 1. The van der Waals surface area contributed by atoms with Crippen LogP contribution in [0.2, 0.25) is 0 Å². The van der Waals surface area contributed by atoms with Gasteiger partial charge in [-0.1, -0.05) is 32.9 Å². The van der Waals surface area contributed by atoms with Crippen molar-refractivity contribution < 1.29 is 4.79 Å². The van der Waals surface area contributed by atoms with E-state index in [2.05, 4.69) is 36.9 Å². The molecule has 0 aliphatic rings. The highest BCUT2D eigenvalue weighted by atomic mass is 32.1. The van der Waals surface area contributed by atoms with Crippen LogP contribution in [-0.2, 0) is 5.41 Å². The number of carbonyl (C=O) groups excluding carboxylic acids is 1. The second kappa shape index (κ2) is 5.68. The van der Waals surface area contributed by atoms with E-state index >= 15 is 0 Å². The average molecular weight is 266 g/mol. The van der Waals surface area contributed by atoms with Crippen LogP contribution >= 0.6 is 12.2 Å². The van der Waals surface area contributed by atoms with Crippen molar-refractivity contribution in [1.29, 1.82) is 0 Å². The molecule has 6 heteroatoms. The number of carbonyl (C=O) groups is 1. The maximum Gasteiger partial charge on any atom is 0.330 e. The van der Waals surface area contributed by atoms with Gasteiger partial charge in [0.05, 0.1) is 0 Å². The molecule has 1 rings (SSSR count). The van der Waals surface area contributed by atoms with Crippen LogP contribution in [0.5, 0.6) is 0 Å². The Morgan fingerprint density at radius 3 is 2.17 bits per heavy atom. The minimum absolute atomic E-state index is 0.116. The standard InChI is InChI=1S/C12H18N4OS/c1-12(2,3)8-4-6-9(7-5-8)14-11(18)16-15-10(13)17/h4-7H,1-3H3,(H3,13,15,17)(H2,14,16,18). The Labute approximate surface area is 112 Å². The van der Waals surface area contributed by atoms with Crippen LogP contribution in [0, 0.1) is 0 Å². The van der Waals surface area contributed by atoms with E-state index in [1.54, 1.807) is 0 Å². The SMILES string of the molecule is CC(C)(C)c1ccc(NC(=S)NNC(N)=O)cc1. The van der Waals surface area contributed by atoms with Gasteiger partial charge in [-0.3, -0.25) is 5.43 Å². The number of hydrogen-bond acceptors (Lipinski definition) is 2. The van der Waals surface area contributed by atoms with E-state index in [1.807, 2.05) is 24.3 Å². The van der Waals surface area contributed by atoms with Gasteiger partial charge in [0.1, 0.15) is 0 Å². The predicted molar refractivity (Wildman–Crippen MR) is 77.2 cm³/mol. The Bertz CT molecular complexity index is 436. The third kappa shape index (κ3) is 4.58. The molecule has 0 bridgehead atoms. The molecule has 0 aliphatic heterocycles. The topological polar surface area (TPSA) is 79.2 Å². The van der Waals surface area contributed by atoms with Crippen LogP contribution in [0.4, 0.5) is 10.5 Å². The van der Waals surface area contributed by atoms with Crippen LogP contribution in [0.25, 0.3) is 0 Å². The number of thiocarbonyl (C=S) groups is 1. The quantitative estimate of drug-likeness (QED) is 0.462. The molecule has 0 spiro atoms. The van der Waals surface area contributed by atoms with E-state index in [-0.39, 0.29) is 10.5 Å². The van der Waals surface area contributed by atoms with Gasteiger partial charge in [0, 0.05) is 5.69 Å². The molecular weight excluding hydrogens is 248 g/mol. The van der Waals surface area contributed by atoms with Gasteiger partial charge >= 0.3 is 6.03 Å². The van der Waals surface area contributed by atoms with Crippen molar-refractivity contribution >= 4 is 29.0 Å². The van der Waals surface area contributed by atoms with E-state index in [0.29, 0.717) is 0 Å². The minimum Gasteiger partial charge on any atom is -0.350 e. The molecule has 0 heterocycles. The molecule has 1 aromatic rings. The summed E-state index contributed by atoms with van der Waals surface area (Å²) in [7, 11) is 0. The zero-order valence-corrected chi connectivity index (χ0v) is 11.5. The largest absolute Gasteiger partial charge is 0.350 e. The lowest BCUT2D eigenvalue weighted by molar-refractivity contribution is 0.247. The Morgan fingerprint density at radius 2 is 1.72 bits per heavy atom. The van der Waals surface area contributed by atoms with Crippen LogP contribution < -0.4 is 21.9 Å². The van der Waals surface area contributed by atoms with Crippen LogP contribution in [0.15, 0.2) is 24.3 Å². The van der Waals surface area contributed by atoms with Crippen LogP contribution in [0.1, 0.15) is 26.3 Å². The molecule has 2 amide bonds. The fourth-order valence-corrected chi connectivity index (χ4v) is 1.50. The maximum atomic E-state index is 10.5. The normalized spacial score (nSPS) is 10.6. The molecule has 98 valence electrons. The number of hydrogen-bond donors (Lipinski definition) is 4. The van der Waals surface area contributed by atoms with Gasteiger partial charge in [-0.25, -0.2) is 10.2 Å². The predicted octanol–water partition coefficient (Wildman–Crippen LogP) is 1.85. The van der Waals surface area contributed by atoms with Crippen molar-refractivity contribution in [3.8, 4) is 0 Å². The fourth-order valence-electron chi connectivity index (χ4n) is 1.33. The zero-order chi connectivity index (χ0) is 13.8. The molecule has 18 heavy (non-hydrogen) atoms. The number of amides is 2. The summed E-state index contributed by atoms with van der Waals surface area (Å²) in [4.78, 5) is 10.5. The molecule has 0 radical (unpaired) electrons. The zero-order valence-electron chi connectivity index (χ0n) is 10.7. The van der Waals surface area contributed by atoms with Gasteiger partial charge in [-0.15, -0.1) is 0 Å². The van der Waals surface area contributed by atoms with Crippen molar-refractivity contribution in [2.75, 3.05) is 5.32 Å². The van der Waals surface area contributed by atoms with Gasteiger partial charge in [0.15, 0.2) is 5.11 Å². The molecule has 0 fully saturated rings. The maximum absolute atomic E-state index is 10.5. The molecular formula is C12H18N4OS. The summed E-state index contributed by atoms with van der Waals surface area (Å²) in [5, 5.41) is 3.20. The number of anilines is 1. The molecule has 0 saturated heterocycles. The third-order valence-electron chi connectivity index (χ3n) is 2.31. The number of urea groups is 1. The monoisotopic (exact) mass is 266 g/mol. The first kappa shape index (κ1) is 14.2. The summed E-state index contributed by atoms with van der Waals surface area (Å²) in [6, 6.07) is 7.23. The van der Waals surface area contributed by atoms with Crippen LogP contribution in [-0.4, -0.2) is 11.1 Å². The summed E-state index contributed by atoms with van der Waals surface area (Å²) in [6.45, 7) is 6.45. The summed E-state index contributed by atoms with van der Waals surface area (Å²) >= 11 is 4.97. The van der Waals surface area contributed by atoms with Gasteiger partial charge in [-0.05, 0) is 35.3 Å². The highest BCUT2D eigenvalue weighted by Gasteiger charge is 2.12. The lowest BCUT2D eigenvalue weighted by Gasteiger charge is -2.19. The Kier molecular flexibility index (Phi) is 4.49. The van der Waals surface area contributed by atoms with E-state index < -0.39 is 6.03 Å². The Hall–Kier alpha value is -1.82. The summed E-state index contributed by atoms with van der Waals surface area (Å²) in [5.41, 5.74) is 11.8. The molecule has 5 N–H and O–H groups in total. The van der Waals surface area contributed by atoms with Crippen molar-refractivity contribution in [1.82, 2.24) is 10.9 Å². The average Bonchev–Trinajstić information content (AvgIpc) is 2.26. The van der Waals surface area contributed by atoms with Gasteiger partial charge < -0.3 is 11.1 Å².